The van der Waals surface area contributed by atoms with Crippen LogP contribution in [-0.2, 0) is 0 Å². The van der Waals surface area contributed by atoms with Crippen molar-refractivity contribution in [2.75, 3.05) is 25.1 Å². The number of hydrogen-bond donors (Lipinski definition) is 1. The molecule has 1 aliphatic rings. The average molecular weight is 280 g/mol. The smallest absolute Gasteiger partial charge is 0.256 e. The number of hydrogen-bond acceptors (Lipinski definition) is 4. The highest BCUT2D eigenvalue weighted by Gasteiger charge is 2.30. The maximum Gasteiger partial charge on any atom is 0.256 e. The molecule has 0 bridgehead atoms. The van der Waals surface area contributed by atoms with Gasteiger partial charge in [0.25, 0.3) is 5.91 Å². The second kappa shape index (κ2) is 5.74. The van der Waals surface area contributed by atoms with Crippen LogP contribution in [-0.4, -0.2) is 41.5 Å². The van der Waals surface area contributed by atoms with Gasteiger partial charge in [0, 0.05) is 23.6 Å². The van der Waals surface area contributed by atoms with Crippen molar-refractivity contribution in [3.63, 3.8) is 0 Å². The molecule has 0 spiro atoms. The highest BCUT2D eigenvalue weighted by molar-refractivity contribution is 8.00. The zero-order chi connectivity index (χ0) is 14.0. The molecule has 104 valence electrons. The molecule has 2 N–H and O–H groups in total. The number of nitrogen functional groups attached to an aromatic ring is 1. The lowest BCUT2D eigenvalue weighted by atomic mass is 10.1. The topological polar surface area (TPSA) is 55.6 Å². The molecule has 0 radical (unpaired) electrons. The Morgan fingerprint density at radius 1 is 1.47 bits per heavy atom. The summed E-state index contributed by atoms with van der Waals surface area (Å²) >= 11 is 1.90. The molecule has 19 heavy (non-hydrogen) atoms. The molecule has 1 aromatic rings. The first-order chi connectivity index (χ1) is 9.06. The summed E-state index contributed by atoms with van der Waals surface area (Å²) in [4.78, 5) is 14.5. The van der Waals surface area contributed by atoms with E-state index in [0.717, 1.165) is 12.3 Å². The van der Waals surface area contributed by atoms with Crippen molar-refractivity contribution in [2.45, 2.75) is 25.1 Å². The second-order valence-corrected chi connectivity index (χ2v) is 6.22. The van der Waals surface area contributed by atoms with Crippen LogP contribution in [0.3, 0.4) is 0 Å². The molecular weight excluding hydrogens is 260 g/mol. The number of para-hydroxylation sites is 1. The van der Waals surface area contributed by atoms with Gasteiger partial charge in [-0.25, -0.2) is 0 Å². The van der Waals surface area contributed by atoms with E-state index < -0.39 is 0 Å². The molecule has 1 saturated heterocycles. The van der Waals surface area contributed by atoms with Crippen LogP contribution in [0.5, 0.6) is 5.75 Å². The van der Waals surface area contributed by atoms with Crippen molar-refractivity contribution in [1.82, 2.24) is 4.90 Å². The van der Waals surface area contributed by atoms with Gasteiger partial charge in [-0.3, -0.25) is 4.79 Å². The van der Waals surface area contributed by atoms with Crippen LogP contribution < -0.4 is 10.5 Å². The maximum absolute atomic E-state index is 12.6. The molecule has 0 aliphatic carbocycles. The fourth-order valence-corrected chi connectivity index (χ4v) is 3.38. The number of rotatable bonds is 2. The third-order valence-corrected chi connectivity index (χ3v) is 5.00. The largest absolute Gasteiger partial charge is 0.495 e. The van der Waals surface area contributed by atoms with Gasteiger partial charge in [-0.2, -0.15) is 11.8 Å². The number of benzene rings is 1. The van der Waals surface area contributed by atoms with Gasteiger partial charge in [0.2, 0.25) is 0 Å². The van der Waals surface area contributed by atoms with Crippen LogP contribution in [0.1, 0.15) is 24.2 Å². The van der Waals surface area contributed by atoms with E-state index in [2.05, 4.69) is 13.8 Å². The fourth-order valence-electron chi connectivity index (χ4n) is 2.28. The summed E-state index contributed by atoms with van der Waals surface area (Å²) in [6.07, 6.45) is 0. The lowest BCUT2D eigenvalue weighted by molar-refractivity contribution is 0.0699. The summed E-state index contributed by atoms with van der Waals surface area (Å²) in [6.45, 7) is 5.01. The Kier molecular flexibility index (Phi) is 4.24. The highest BCUT2D eigenvalue weighted by atomic mass is 32.2. The standard InChI is InChI=1S/C14H20N2O2S/c1-9-10(2)19-8-7-16(9)14(17)11-5-4-6-12(18-3)13(11)15/h4-6,9-10H,7-8,15H2,1-3H3. The number of anilines is 1. The Morgan fingerprint density at radius 2 is 2.21 bits per heavy atom. The summed E-state index contributed by atoms with van der Waals surface area (Å²) in [5.74, 6) is 1.52. The second-order valence-electron chi connectivity index (χ2n) is 4.74. The minimum atomic E-state index is -0.00366. The molecule has 2 rings (SSSR count). The SMILES string of the molecule is COc1cccc(C(=O)N2CCSC(C)C2C)c1N. The van der Waals surface area contributed by atoms with E-state index in [1.54, 1.807) is 25.3 Å². The number of amides is 1. The minimum Gasteiger partial charge on any atom is -0.495 e. The number of thioether (sulfide) groups is 1. The minimum absolute atomic E-state index is 0.00366. The van der Waals surface area contributed by atoms with Crippen LogP contribution in [0, 0.1) is 0 Å². The van der Waals surface area contributed by atoms with E-state index in [0.29, 0.717) is 22.3 Å². The van der Waals surface area contributed by atoms with E-state index in [-0.39, 0.29) is 11.9 Å². The third kappa shape index (κ3) is 2.66. The monoisotopic (exact) mass is 280 g/mol. The van der Waals surface area contributed by atoms with E-state index in [1.165, 1.54) is 0 Å². The van der Waals surface area contributed by atoms with Gasteiger partial charge < -0.3 is 15.4 Å². The Balaban J connectivity index is 2.29. The van der Waals surface area contributed by atoms with E-state index in [9.17, 15) is 4.79 Å². The van der Waals surface area contributed by atoms with Gasteiger partial charge in [0.15, 0.2) is 0 Å². The van der Waals surface area contributed by atoms with Crippen molar-refractivity contribution in [2.24, 2.45) is 0 Å². The Bertz CT molecular complexity index is 479. The summed E-state index contributed by atoms with van der Waals surface area (Å²) in [5, 5.41) is 0.449. The Hall–Kier alpha value is -1.36. The lowest BCUT2D eigenvalue weighted by Gasteiger charge is -2.37. The van der Waals surface area contributed by atoms with Crippen LogP contribution in [0.25, 0.3) is 0 Å². The molecule has 1 amide bonds. The molecule has 0 aromatic heterocycles. The van der Waals surface area contributed by atoms with E-state index >= 15 is 0 Å². The summed E-state index contributed by atoms with van der Waals surface area (Å²) in [6, 6.07) is 5.55. The third-order valence-electron chi connectivity index (χ3n) is 3.66. The van der Waals surface area contributed by atoms with Crippen molar-refractivity contribution in [3.05, 3.63) is 23.8 Å². The van der Waals surface area contributed by atoms with E-state index in [4.69, 9.17) is 10.5 Å². The van der Waals surface area contributed by atoms with Crippen molar-refractivity contribution in [3.8, 4) is 5.75 Å². The zero-order valence-corrected chi connectivity index (χ0v) is 12.4. The molecule has 2 atom stereocenters. The zero-order valence-electron chi connectivity index (χ0n) is 11.6. The lowest BCUT2D eigenvalue weighted by Crippen LogP contribution is -2.48. The average Bonchev–Trinajstić information content (AvgIpc) is 2.41. The van der Waals surface area contributed by atoms with E-state index in [1.807, 2.05) is 16.7 Å². The van der Waals surface area contributed by atoms with Crippen molar-refractivity contribution in [1.29, 1.82) is 0 Å². The first kappa shape index (κ1) is 14.1. The van der Waals surface area contributed by atoms with Crippen LogP contribution in [0.2, 0.25) is 0 Å². The molecule has 2 unspecified atom stereocenters. The van der Waals surface area contributed by atoms with Gasteiger partial charge in [0.1, 0.15) is 5.75 Å². The molecule has 1 aliphatic heterocycles. The quantitative estimate of drug-likeness (QED) is 0.844. The highest BCUT2D eigenvalue weighted by Crippen LogP contribution is 2.29. The fraction of sp³-hybridized carbons (Fsp3) is 0.500. The van der Waals surface area contributed by atoms with Gasteiger partial charge in [-0.15, -0.1) is 0 Å². The summed E-state index contributed by atoms with van der Waals surface area (Å²) in [5.41, 5.74) is 6.96. The predicted octanol–water partition coefficient (Wildman–Crippen LogP) is 2.24. The summed E-state index contributed by atoms with van der Waals surface area (Å²) in [7, 11) is 1.56. The number of nitrogens with zero attached hydrogens (tertiary/aromatic N) is 1. The Morgan fingerprint density at radius 3 is 2.89 bits per heavy atom. The Labute approximate surface area is 118 Å². The van der Waals surface area contributed by atoms with Crippen LogP contribution in [0.15, 0.2) is 18.2 Å². The molecule has 1 fully saturated rings. The number of carbonyl (C=O) groups excluding carboxylic acids is 1. The van der Waals surface area contributed by atoms with Crippen molar-refractivity contribution < 1.29 is 9.53 Å². The van der Waals surface area contributed by atoms with Crippen molar-refractivity contribution >= 4 is 23.4 Å². The number of carbonyl (C=O) groups is 1. The predicted molar refractivity (Wildman–Crippen MR) is 79.8 cm³/mol. The normalized spacial score (nSPS) is 23.2. The number of ether oxygens (including phenoxy) is 1. The maximum atomic E-state index is 12.6. The van der Waals surface area contributed by atoms with Gasteiger partial charge in [-0.1, -0.05) is 13.0 Å². The number of nitrogens with two attached hydrogens (primary N) is 1. The van der Waals surface area contributed by atoms with Gasteiger partial charge in [0.05, 0.1) is 18.4 Å². The van der Waals surface area contributed by atoms with Gasteiger partial charge >= 0.3 is 0 Å². The van der Waals surface area contributed by atoms with Crippen LogP contribution >= 0.6 is 11.8 Å². The first-order valence-corrected chi connectivity index (χ1v) is 7.46. The molecule has 1 heterocycles. The number of methoxy groups -OCH3 is 1. The summed E-state index contributed by atoms with van der Waals surface area (Å²) < 4.78 is 5.17. The molecule has 0 saturated carbocycles. The van der Waals surface area contributed by atoms with Crippen LogP contribution in [0.4, 0.5) is 5.69 Å². The molecule has 5 heteroatoms. The molecule has 4 nitrogen and oxygen atoms in total. The molecule has 1 aromatic carbocycles. The van der Waals surface area contributed by atoms with Gasteiger partial charge in [-0.05, 0) is 19.1 Å². The first-order valence-electron chi connectivity index (χ1n) is 6.41. The molecular formula is C14H20N2O2S.